The van der Waals surface area contributed by atoms with Crippen molar-refractivity contribution in [3.63, 3.8) is 0 Å². The third-order valence-electron chi connectivity index (χ3n) is 7.13. The van der Waals surface area contributed by atoms with Crippen LogP contribution in [0.5, 0.6) is 5.75 Å². The molecule has 0 aliphatic carbocycles. The number of fused-ring (bicyclic) bond motifs is 2. The van der Waals surface area contributed by atoms with Gasteiger partial charge in [0.1, 0.15) is 24.0 Å². The summed E-state index contributed by atoms with van der Waals surface area (Å²) in [4.78, 5) is 2.33. The molecule has 0 unspecified atom stereocenters. The van der Waals surface area contributed by atoms with Gasteiger partial charge in [-0.2, -0.15) is 0 Å². The largest absolute Gasteiger partial charge is 0.490 e. The number of ether oxygens (including phenoxy) is 1. The number of aliphatic hydroxyl groups excluding tert-OH is 1. The molecule has 5 aromatic rings. The van der Waals surface area contributed by atoms with Gasteiger partial charge in [-0.3, -0.25) is 0 Å². The predicted octanol–water partition coefficient (Wildman–Crippen LogP) is 4.90. The van der Waals surface area contributed by atoms with Crippen LogP contribution >= 0.6 is 0 Å². The lowest BCUT2D eigenvalue weighted by atomic mass is 9.89. The van der Waals surface area contributed by atoms with Gasteiger partial charge >= 0.3 is 0 Å². The summed E-state index contributed by atoms with van der Waals surface area (Å²) in [6.45, 7) is 4.48. The van der Waals surface area contributed by atoms with Crippen molar-refractivity contribution in [3.8, 4) is 17.4 Å². The van der Waals surface area contributed by atoms with Crippen LogP contribution in [0.4, 0.5) is 0 Å². The second-order valence-corrected chi connectivity index (χ2v) is 9.69. The lowest BCUT2D eigenvalue weighted by Crippen LogP contribution is -2.40. The second kappa shape index (κ2) is 9.44. The Hall–Kier alpha value is -3.62. The number of β-amino-alcohol motifs (C(OH)–C–C–N with tert-alkyl or cyclic N) is 1. The van der Waals surface area contributed by atoms with Crippen LogP contribution in [-0.4, -0.2) is 57.1 Å². The van der Waals surface area contributed by atoms with Crippen molar-refractivity contribution in [2.75, 3.05) is 26.2 Å². The summed E-state index contributed by atoms with van der Waals surface area (Å²) >= 11 is 0. The lowest BCUT2D eigenvalue weighted by Gasteiger charge is -2.33. The van der Waals surface area contributed by atoms with Gasteiger partial charge in [-0.05, 0) is 67.1 Å². The molecular formula is C28H30N4O4. The molecule has 0 saturated carbocycles. The van der Waals surface area contributed by atoms with E-state index in [1.807, 2.05) is 24.3 Å². The number of benzene rings is 2. The number of aromatic nitrogens is 3. The highest BCUT2D eigenvalue weighted by Gasteiger charge is 2.23. The molecule has 36 heavy (non-hydrogen) atoms. The fraction of sp³-hybridized carbons (Fsp3) is 0.357. The fourth-order valence-corrected chi connectivity index (χ4v) is 5.18. The maximum Gasteiger partial charge on any atom is 0.283 e. The minimum Gasteiger partial charge on any atom is -0.490 e. The van der Waals surface area contributed by atoms with Gasteiger partial charge in [-0.25, -0.2) is 0 Å². The number of hydrogen-bond donors (Lipinski definition) is 1. The molecular weight excluding hydrogens is 456 g/mol. The number of aliphatic hydroxyl groups is 1. The molecule has 8 nitrogen and oxygen atoms in total. The normalized spacial score (nSPS) is 16.2. The maximum absolute atomic E-state index is 10.7. The number of likely N-dealkylation sites (tertiary alicyclic amines) is 1. The quantitative estimate of drug-likeness (QED) is 0.350. The Balaban J connectivity index is 1.04. The maximum atomic E-state index is 10.7. The van der Waals surface area contributed by atoms with Gasteiger partial charge in [0, 0.05) is 38.3 Å². The smallest absolute Gasteiger partial charge is 0.283 e. The average Bonchev–Trinajstić information content (AvgIpc) is 3.61. The second-order valence-electron chi connectivity index (χ2n) is 9.69. The Labute approximate surface area is 209 Å². The van der Waals surface area contributed by atoms with Crippen molar-refractivity contribution in [1.82, 2.24) is 19.7 Å². The standard InChI is InChI=1S/C28H30N4O4/c1-18-29-30-28(35-18)27-15-23-25(4-3-5-26(23)36-27)34-17-22(33)16-32-12-9-19(10-13-32)21-7-6-20-8-11-31(2)24(20)14-21/h3-8,11,14-15,19,22,33H,9-10,12-13,16-17H2,1-2H3/t22-/m0/s1. The van der Waals surface area contributed by atoms with E-state index in [9.17, 15) is 5.11 Å². The zero-order chi connectivity index (χ0) is 24.6. The predicted molar refractivity (Wildman–Crippen MR) is 137 cm³/mol. The lowest BCUT2D eigenvalue weighted by molar-refractivity contribution is 0.0599. The van der Waals surface area contributed by atoms with Crippen molar-refractivity contribution in [3.05, 3.63) is 66.2 Å². The molecule has 1 saturated heterocycles. The highest BCUT2D eigenvalue weighted by atomic mass is 16.5. The molecule has 1 aliphatic rings. The number of furan rings is 1. The van der Waals surface area contributed by atoms with Crippen LogP contribution in [0.25, 0.3) is 33.5 Å². The SMILES string of the molecule is Cc1nnc(-c2cc3c(OC[C@@H](O)CN4CCC(c5ccc6ccn(C)c6c5)CC4)cccc3o2)o1. The molecule has 0 amide bonds. The molecule has 1 N–H and O–H groups in total. The average molecular weight is 487 g/mol. The van der Waals surface area contributed by atoms with E-state index in [1.54, 1.807) is 6.92 Å². The van der Waals surface area contributed by atoms with Crippen LogP contribution in [0.15, 0.2) is 63.6 Å². The first-order chi connectivity index (χ1) is 17.5. The van der Waals surface area contributed by atoms with Crippen LogP contribution in [0.1, 0.15) is 30.2 Å². The number of rotatable bonds is 7. The molecule has 3 aromatic heterocycles. The van der Waals surface area contributed by atoms with Crippen molar-refractivity contribution in [2.24, 2.45) is 7.05 Å². The topological polar surface area (TPSA) is 89.7 Å². The van der Waals surface area contributed by atoms with E-state index >= 15 is 0 Å². The van der Waals surface area contributed by atoms with Gasteiger partial charge in [0.25, 0.3) is 5.89 Å². The number of hydrogen-bond acceptors (Lipinski definition) is 7. The Morgan fingerprint density at radius 1 is 1.08 bits per heavy atom. The highest BCUT2D eigenvalue weighted by Crippen LogP contribution is 2.33. The highest BCUT2D eigenvalue weighted by molar-refractivity contribution is 5.87. The molecule has 1 aliphatic heterocycles. The van der Waals surface area contributed by atoms with Crippen molar-refractivity contribution in [1.29, 1.82) is 0 Å². The van der Waals surface area contributed by atoms with Crippen molar-refractivity contribution >= 4 is 21.9 Å². The molecule has 0 bridgehead atoms. The van der Waals surface area contributed by atoms with E-state index in [-0.39, 0.29) is 6.61 Å². The van der Waals surface area contributed by atoms with Gasteiger partial charge in [-0.15, -0.1) is 10.2 Å². The van der Waals surface area contributed by atoms with Gasteiger partial charge in [0.2, 0.25) is 5.89 Å². The molecule has 0 radical (unpaired) electrons. The zero-order valence-electron chi connectivity index (χ0n) is 20.6. The van der Waals surface area contributed by atoms with Gasteiger partial charge in [0.15, 0.2) is 5.76 Å². The molecule has 2 aromatic carbocycles. The summed E-state index contributed by atoms with van der Waals surface area (Å²) in [5.41, 5.74) is 3.37. The molecule has 4 heterocycles. The Bertz CT molecular complexity index is 1490. The Morgan fingerprint density at radius 3 is 2.75 bits per heavy atom. The summed E-state index contributed by atoms with van der Waals surface area (Å²) in [6.07, 6.45) is 3.72. The van der Waals surface area contributed by atoms with Crippen LogP contribution < -0.4 is 4.74 Å². The van der Waals surface area contributed by atoms with E-state index in [2.05, 4.69) is 57.2 Å². The van der Waals surface area contributed by atoms with E-state index in [0.29, 0.717) is 41.3 Å². The van der Waals surface area contributed by atoms with Gasteiger partial charge < -0.3 is 28.1 Å². The number of nitrogens with zero attached hydrogens (tertiary/aromatic N) is 4. The molecule has 0 spiro atoms. The first kappa shape index (κ1) is 22.8. The molecule has 1 atom stereocenters. The monoisotopic (exact) mass is 486 g/mol. The van der Waals surface area contributed by atoms with Gasteiger partial charge in [-0.1, -0.05) is 18.2 Å². The van der Waals surface area contributed by atoms with E-state index < -0.39 is 6.10 Å². The fourth-order valence-electron chi connectivity index (χ4n) is 5.18. The summed E-state index contributed by atoms with van der Waals surface area (Å²) in [7, 11) is 2.10. The van der Waals surface area contributed by atoms with Crippen molar-refractivity contribution in [2.45, 2.75) is 31.8 Å². The van der Waals surface area contributed by atoms with E-state index in [4.69, 9.17) is 13.6 Å². The van der Waals surface area contributed by atoms with Gasteiger partial charge in [0.05, 0.1) is 5.39 Å². The van der Waals surface area contributed by atoms with Crippen LogP contribution in [-0.2, 0) is 7.05 Å². The third kappa shape index (κ3) is 4.50. The summed E-state index contributed by atoms with van der Waals surface area (Å²) in [5.74, 6) is 2.53. The van der Waals surface area contributed by atoms with Crippen molar-refractivity contribution < 1.29 is 18.7 Å². The Morgan fingerprint density at radius 2 is 1.94 bits per heavy atom. The third-order valence-corrected chi connectivity index (χ3v) is 7.13. The molecule has 8 heteroatoms. The molecule has 186 valence electrons. The van der Waals surface area contributed by atoms with Crippen LogP contribution in [0.3, 0.4) is 0 Å². The Kier molecular flexibility index (Phi) is 5.99. The minimum absolute atomic E-state index is 0.212. The first-order valence-electron chi connectivity index (χ1n) is 12.4. The molecule has 6 rings (SSSR count). The number of piperidine rings is 1. The number of aryl methyl sites for hydroxylation is 2. The summed E-state index contributed by atoms with van der Waals surface area (Å²) in [6, 6.07) is 16.4. The van der Waals surface area contributed by atoms with Crippen LogP contribution in [0.2, 0.25) is 0 Å². The first-order valence-corrected chi connectivity index (χ1v) is 12.4. The van der Waals surface area contributed by atoms with E-state index in [0.717, 1.165) is 31.3 Å². The molecule has 1 fully saturated rings. The summed E-state index contributed by atoms with van der Waals surface area (Å²) < 4.78 is 19.5. The summed E-state index contributed by atoms with van der Waals surface area (Å²) in [5, 5.41) is 20.7. The van der Waals surface area contributed by atoms with E-state index in [1.165, 1.54) is 16.5 Å². The minimum atomic E-state index is -0.582. The van der Waals surface area contributed by atoms with Crippen LogP contribution in [0, 0.1) is 6.92 Å². The zero-order valence-corrected chi connectivity index (χ0v) is 20.6.